The third-order valence-corrected chi connectivity index (χ3v) is 5.99. The van der Waals surface area contributed by atoms with E-state index in [-0.39, 0.29) is 11.8 Å². The quantitative estimate of drug-likeness (QED) is 0.442. The lowest BCUT2D eigenvalue weighted by molar-refractivity contribution is -0.126. The lowest BCUT2D eigenvalue weighted by atomic mass is 9.94. The molecule has 1 amide bonds. The van der Waals surface area contributed by atoms with E-state index in [2.05, 4.69) is 32.9 Å². The number of carbonyl (C=O) groups excluding carboxylic acids is 1. The van der Waals surface area contributed by atoms with E-state index >= 15 is 0 Å². The van der Waals surface area contributed by atoms with E-state index in [9.17, 15) is 4.79 Å². The Morgan fingerprint density at radius 1 is 1.19 bits per heavy atom. The van der Waals surface area contributed by atoms with Gasteiger partial charge in [-0.1, -0.05) is 5.92 Å². The number of hydrogen-bond acceptors (Lipinski definition) is 8. The third-order valence-electron chi connectivity index (χ3n) is 5.99. The van der Waals surface area contributed by atoms with Gasteiger partial charge in [0.1, 0.15) is 11.4 Å². The highest BCUT2D eigenvalue weighted by Gasteiger charge is 2.29. The number of piperidine rings is 1. The number of pyridine rings is 2. The first-order valence-electron chi connectivity index (χ1n) is 11.4. The van der Waals surface area contributed by atoms with Crippen LogP contribution in [-0.4, -0.2) is 48.2 Å². The van der Waals surface area contributed by atoms with Crippen molar-refractivity contribution < 1.29 is 9.53 Å². The molecule has 1 aliphatic rings. The van der Waals surface area contributed by atoms with Gasteiger partial charge in [0, 0.05) is 37.5 Å². The van der Waals surface area contributed by atoms with Crippen molar-refractivity contribution in [1.82, 2.24) is 29.2 Å². The molecule has 5 heterocycles. The Kier molecular flexibility index (Phi) is 6.16. The van der Waals surface area contributed by atoms with Crippen molar-refractivity contribution in [3.63, 3.8) is 0 Å². The summed E-state index contributed by atoms with van der Waals surface area (Å²) in [7, 11) is 0. The highest BCUT2D eigenvalue weighted by atomic mass is 16.5. The lowest BCUT2D eigenvalue weighted by Gasteiger charge is -2.30. The fraction of sp³-hybridized carbons (Fsp3) is 0.231. The Labute approximate surface area is 207 Å². The van der Waals surface area contributed by atoms with E-state index < -0.39 is 0 Å². The number of nitrogens with zero attached hydrogens (tertiary/aromatic N) is 7. The number of fused-ring (bicyclic) bond motifs is 1. The van der Waals surface area contributed by atoms with Gasteiger partial charge in [0.15, 0.2) is 5.82 Å². The Morgan fingerprint density at radius 2 is 2.06 bits per heavy atom. The number of amides is 1. The molecule has 0 spiro atoms. The van der Waals surface area contributed by atoms with Gasteiger partial charge in [0.05, 0.1) is 29.0 Å². The van der Waals surface area contributed by atoms with Crippen molar-refractivity contribution >= 4 is 17.4 Å². The van der Waals surface area contributed by atoms with Gasteiger partial charge in [0.25, 0.3) is 5.91 Å². The van der Waals surface area contributed by atoms with Crippen LogP contribution >= 0.6 is 0 Å². The lowest BCUT2D eigenvalue weighted by Crippen LogP contribution is -2.38. The molecule has 10 heteroatoms. The maximum absolute atomic E-state index is 12.4. The smallest absolute Gasteiger partial charge is 0.298 e. The average Bonchev–Trinajstić information content (AvgIpc) is 3.30. The first-order valence-corrected chi connectivity index (χ1v) is 11.4. The van der Waals surface area contributed by atoms with Crippen LogP contribution in [-0.2, 0) is 4.79 Å². The van der Waals surface area contributed by atoms with Gasteiger partial charge < -0.3 is 15.4 Å². The van der Waals surface area contributed by atoms with Crippen LogP contribution in [0, 0.1) is 23.2 Å². The van der Waals surface area contributed by atoms with Gasteiger partial charge in [-0.25, -0.2) is 19.9 Å². The number of carbonyl (C=O) groups is 1. The predicted octanol–water partition coefficient (Wildman–Crippen LogP) is 3.16. The number of imidazole rings is 1. The summed E-state index contributed by atoms with van der Waals surface area (Å²) >= 11 is 0. The summed E-state index contributed by atoms with van der Waals surface area (Å²) in [6.45, 7) is 2.88. The van der Waals surface area contributed by atoms with Crippen molar-refractivity contribution in [2.45, 2.75) is 25.7 Å². The van der Waals surface area contributed by atoms with Crippen molar-refractivity contribution in [3.05, 3.63) is 60.2 Å². The number of anilines is 1. The fourth-order valence-electron chi connectivity index (χ4n) is 4.36. The monoisotopic (exact) mass is 478 g/mol. The number of aromatic nitrogens is 5. The molecule has 10 nitrogen and oxygen atoms in total. The zero-order chi connectivity index (χ0) is 25.1. The van der Waals surface area contributed by atoms with Gasteiger partial charge in [-0.05, 0) is 50.0 Å². The number of nitrogen functional groups attached to an aromatic ring is 1. The first kappa shape index (κ1) is 22.8. The van der Waals surface area contributed by atoms with E-state index in [1.54, 1.807) is 52.9 Å². The Balaban J connectivity index is 1.47. The highest BCUT2D eigenvalue weighted by Crippen LogP contribution is 2.33. The zero-order valence-electron chi connectivity index (χ0n) is 19.5. The van der Waals surface area contributed by atoms with Crippen LogP contribution < -0.4 is 10.5 Å². The van der Waals surface area contributed by atoms with Crippen LogP contribution in [0.1, 0.15) is 36.9 Å². The van der Waals surface area contributed by atoms with Gasteiger partial charge in [0.2, 0.25) is 11.8 Å². The average molecular weight is 479 g/mol. The number of likely N-dealkylation sites (tertiary alicyclic amines) is 1. The zero-order valence-corrected chi connectivity index (χ0v) is 19.5. The summed E-state index contributed by atoms with van der Waals surface area (Å²) in [4.78, 5) is 32.0. The van der Waals surface area contributed by atoms with Crippen LogP contribution in [0.2, 0.25) is 0 Å². The van der Waals surface area contributed by atoms with E-state index in [0.717, 1.165) is 24.1 Å². The molecule has 1 saturated heterocycles. The minimum absolute atomic E-state index is 0.0352. The van der Waals surface area contributed by atoms with Crippen LogP contribution in [0.4, 0.5) is 5.95 Å². The molecule has 0 aliphatic carbocycles. The molecule has 0 aromatic carbocycles. The maximum atomic E-state index is 12.4. The Hall–Kier alpha value is -4.96. The molecule has 1 atom stereocenters. The van der Waals surface area contributed by atoms with Crippen molar-refractivity contribution in [3.8, 4) is 41.1 Å². The summed E-state index contributed by atoms with van der Waals surface area (Å²) in [5, 5.41) is 9.07. The summed E-state index contributed by atoms with van der Waals surface area (Å²) < 4.78 is 7.52. The second-order valence-electron chi connectivity index (χ2n) is 8.29. The molecular weight excluding hydrogens is 456 g/mol. The van der Waals surface area contributed by atoms with Crippen molar-refractivity contribution in [2.24, 2.45) is 0 Å². The number of ether oxygens (including phenoxy) is 1. The molecular formula is C26H22N8O2. The molecule has 2 N–H and O–H groups in total. The standard InChI is InChI=1S/C26H22N8O2/c1-2-4-23(35)33-12-3-5-18(16-33)24-21-9-11-30-26(28)34(21)25(32-24)20-7-6-19(15-31-20)36-22-13-17(14-27)8-10-29-22/h6-11,13,15,18H,3,5,12,16H2,1H3,(H2,28,30). The topological polar surface area (TPSA) is 135 Å². The minimum atomic E-state index is -0.167. The Bertz CT molecular complexity index is 1540. The molecule has 4 aromatic rings. The van der Waals surface area contributed by atoms with Gasteiger partial charge in [-0.15, -0.1) is 0 Å². The number of nitriles is 1. The summed E-state index contributed by atoms with van der Waals surface area (Å²) in [6, 6.07) is 10.6. The van der Waals surface area contributed by atoms with E-state index in [4.69, 9.17) is 20.7 Å². The van der Waals surface area contributed by atoms with Crippen LogP contribution in [0.5, 0.6) is 11.6 Å². The van der Waals surface area contributed by atoms with E-state index in [1.165, 1.54) is 6.20 Å². The third kappa shape index (κ3) is 4.40. The highest BCUT2D eigenvalue weighted by molar-refractivity contribution is 5.93. The molecule has 5 rings (SSSR count). The molecule has 1 unspecified atom stereocenters. The fourth-order valence-corrected chi connectivity index (χ4v) is 4.36. The predicted molar refractivity (Wildman–Crippen MR) is 132 cm³/mol. The summed E-state index contributed by atoms with van der Waals surface area (Å²) in [5.41, 5.74) is 8.97. The molecule has 178 valence electrons. The molecule has 0 saturated carbocycles. The molecule has 4 aromatic heterocycles. The van der Waals surface area contributed by atoms with Gasteiger partial charge >= 0.3 is 0 Å². The van der Waals surface area contributed by atoms with Crippen LogP contribution in [0.15, 0.2) is 48.9 Å². The molecule has 0 bridgehead atoms. The second kappa shape index (κ2) is 9.72. The van der Waals surface area contributed by atoms with Gasteiger partial charge in [-0.2, -0.15) is 5.26 Å². The summed E-state index contributed by atoms with van der Waals surface area (Å²) in [5.74, 6) is 6.80. The number of nitrogens with two attached hydrogens (primary N) is 1. The van der Waals surface area contributed by atoms with E-state index in [1.807, 2.05) is 6.07 Å². The molecule has 1 fully saturated rings. The van der Waals surface area contributed by atoms with Crippen molar-refractivity contribution in [2.75, 3.05) is 18.8 Å². The molecule has 1 aliphatic heterocycles. The Morgan fingerprint density at radius 3 is 2.83 bits per heavy atom. The maximum Gasteiger partial charge on any atom is 0.298 e. The largest absolute Gasteiger partial charge is 0.437 e. The SMILES string of the molecule is CC#CC(=O)N1CCCC(c2nc(-c3ccc(Oc4cc(C#N)ccn4)cn3)n3c(N)nccc23)C1. The minimum Gasteiger partial charge on any atom is -0.437 e. The normalized spacial score (nSPS) is 15.1. The van der Waals surface area contributed by atoms with Crippen LogP contribution in [0.25, 0.3) is 17.0 Å². The number of rotatable bonds is 4. The van der Waals surface area contributed by atoms with Gasteiger partial charge in [-0.3, -0.25) is 9.20 Å². The number of hydrogen-bond donors (Lipinski definition) is 1. The molecule has 36 heavy (non-hydrogen) atoms. The van der Waals surface area contributed by atoms with E-state index in [0.29, 0.717) is 47.7 Å². The summed E-state index contributed by atoms with van der Waals surface area (Å²) in [6.07, 6.45) is 6.49. The second-order valence-corrected chi connectivity index (χ2v) is 8.29. The van der Waals surface area contributed by atoms with Crippen LogP contribution in [0.3, 0.4) is 0 Å². The molecule has 0 radical (unpaired) electrons. The first-order chi connectivity index (χ1) is 17.6. The van der Waals surface area contributed by atoms with Crippen molar-refractivity contribution in [1.29, 1.82) is 5.26 Å².